The lowest BCUT2D eigenvalue weighted by Gasteiger charge is -2.35. The fraction of sp³-hybridized carbons (Fsp3) is 0.353. The maximum absolute atomic E-state index is 12.9. The summed E-state index contributed by atoms with van der Waals surface area (Å²) in [6.45, 7) is 3.61. The van der Waals surface area contributed by atoms with E-state index in [1.54, 1.807) is 12.3 Å². The lowest BCUT2D eigenvalue weighted by Crippen LogP contribution is -2.38. The zero-order valence-electron chi connectivity index (χ0n) is 12.7. The van der Waals surface area contributed by atoms with Crippen LogP contribution >= 0.6 is 0 Å². The minimum absolute atomic E-state index is 0.375. The molecule has 1 fully saturated rings. The molecule has 1 aromatic carbocycles. The Balaban J connectivity index is 1.81. The molecule has 1 aromatic heterocycles. The molecule has 1 saturated heterocycles. The molecular formula is C17H17F3N2O. The number of morpholine rings is 1. The summed E-state index contributed by atoms with van der Waals surface area (Å²) in [5, 5.41) is 0. The van der Waals surface area contributed by atoms with Crippen molar-refractivity contribution in [3.63, 3.8) is 0 Å². The topological polar surface area (TPSA) is 25.4 Å². The summed E-state index contributed by atoms with van der Waals surface area (Å²) in [7, 11) is 0. The molecule has 0 amide bonds. The van der Waals surface area contributed by atoms with E-state index >= 15 is 0 Å². The van der Waals surface area contributed by atoms with Crippen LogP contribution in [0.5, 0.6) is 0 Å². The number of pyridine rings is 1. The normalized spacial score (nSPS) is 19.0. The van der Waals surface area contributed by atoms with E-state index < -0.39 is 11.7 Å². The van der Waals surface area contributed by atoms with E-state index in [9.17, 15) is 13.2 Å². The molecular weight excluding hydrogens is 305 g/mol. The Kier molecular flexibility index (Phi) is 4.26. The van der Waals surface area contributed by atoms with Crippen LogP contribution in [-0.4, -0.2) is 24.7 Å². The number of aryl methyl sites for hydroxylation is 1. The number of benzene rings is 1. The Morgan fingerprint density at radius 1 is 1.22 bits per heavy atom. The van der Waals surface area contributed by atoms with Gasteiger partial charge in [-0.1, -0.05) is 12.1 Å². The SMILES string of the molecule is Cc1cc(N2CCOC(c3cccc(C(F)(F)F)c3)C2)ccn1. The van der Waals surface area contributed by atoms with Gasteiger partial charge >= 0.3 is 6.18 Å². The number of anilines is 1. The molecule has 3 nitrogen and oxygen atoms in total. The second-order valence-corrected chi connectivity index (χ2v) is 5.58. The van der Waals surface area contributed by atoms with Gasteiger partial charge in [-0.2, -0.15) is 13.2 Å². The lowest BCUT2D eigenvalue weighted by molar-refractivity contribution is -0.137. The first kappa shape index (κ1) is 15.8. The zero-order chi connectivity index (χ0) is 16.4. The van der Waals surface area contributed by atoms with E-state index in [1.165, 1.54) is 12.1 Å². The first-order valence-electron chi connectivity index (χ1n) is 7.40. The number of hydrogen-bond donors (Lipinski definition) is 0. The van der Waals surface area contributed by atoms with Crippen molar-refractivity contribution in [2.45, 2.75) is 19.2 Å². The Morgan fingerprint density at radius 3 is 2.78 bits per heavy atom. The van der Waals surface area contributed by atoms with Crippen LogP contribution in [0, 0.1) is 6.92 Å². The van der Waals surface area contributed by atoms with Crippen LogP contribution in [0.2, 0.25) is 0 Å². The fourth-order valence-electron chi connectivity index (χ4n) is 2.73. The highest BCUT2D eigenvalue weighted by molar-refractivity contribution is 5.47. The largest absolute Gasteiger partial charge is 0.416 e. The molecule has 0 bridgehead atoms. The van der Waals surface area contributed by atoms with Gasteiger partial charge in [-0.3, -0.25) is 4.98 Å². The zero-order valence-corrected chi connectivity index (χ0v) is 12.7. The number of hydrogen-bond acceptors (Lipinski definition) is 3. The van der Waals surface area contributed by atoms with E-state index in [0.717, 1.165) is 17.4 Å². The van der Waals surface area contributed by atoms with Gasteiger partial charge in [0.25, 0.3) is 0 Å². The van der Waals surface area contributed by atoms with Gasteiger partial charge in [0, 0.05) is 30.7 Å². The highest BCUT2D eigenvalue weighted by atomic mass is 19.4. The number of alkyl halides is 3. The second-order valence-electron chi connectivity index (χ2n) is 5.58. The minimum Gasteiger partial charge on any atom is -0.370 e. The molecule has 122 valence electrons. The molecule has 2 heterocycles. The first-order valence-corrected chi connectivity index (χ1v) is 7.40. The third kappa shape index (κ3) is 3.64. The van der Waals surface area contributed by atoms with Crippen molar-refractivity contribution in [2.24, 2.45) is 0 Å². The molecule has 3 rings (SSSR count). The average molecular weight is 322 g/mol. The summed E-state index contributed by atoms with van der Waals surface area (Å²) < 4.78 is 44.3. The molecule has 0 saturated carbocycles. The fourth-order valence-corrected chi connectivity index (χ4v) is 2.73. The van der Waals surface area contributed by atoms with Crippen LogP contribution in [-0.2, 0) is 10.9 Å². The Morgan fingerprint density at radius 2 is 2.04 bits per heavy atom. The molecule has 1 aliphatic rings. The van der Waals surface area contributed by atoms with E-state index in [0.29, 0.717) is 25.3 Å². The molecule has 1 atom stereocenters. The van der Waals surface area contributed by atoms with E-state index in [1.807, 2.05) is 19.1 Å². The van der Waals surface area contributed by atoms with Crippen molar-refractivity contribution in [1.82, 2.24) is 4.98 Å². The summed E-state index contributed by atoms with van der Waals surface area (Å²) in [6, 6.07) is 9.23. The van der Waals surface area contributed by atoms with Crippen LogP contribution in [0.3, 0.4) is 0 Å². The van der Waals surface area contributed by atoms with Gasteiger partial charge in [0.2, 0.25) is 0 Å². The molecule has 23 heavy (non-hydrogen) atoms. The molecule has 0 spiro atoms. The van der Waals surface area contributed by atoms with Crippen molar-refractivity contribution in [3.05, 3.63) is 59.4 Å². The predicted octanol–water partition coefficient (Wildman–Crippen LogP) is 3.99. The Bertz CT molecular complexity index is 688. The van der Waals surface area contributed by atoms with Gasteiger partial charge in [-0.05, 0) is 36.8 Å². The Labute approximate surface area is 132 Å². The van der Waals surface area contributed by atoms with E-state index in [-0.39, 0.29) is 6.10 Å². The van der Waals surface area contributed by atoms with Crippen molar-refractivity contribution >= 4 is 5.69 Å². The predicted molar refractivity (Wildman–Crippen MR) is 81.3 cm³/mol. The number of halogens is 3. The summed E-state index contributed by atoms with van der Waals surface area (Å²) in [4.78, 5) is 6.28. The quantitative estimate of drug-likeness (QED) is 0.836. The van der Waals surface area contributed by atoms with Gasteiger partial charge in [-0.15, -0.1) is 0 Å². The molecule has 0 aliphatic carbocycles. The van der Waals surface area contributed by atoms with Gasteiger partial charge < -0.3 is 9.64 Å². The van der Waals surface area contributed by atoms with Crippen LogP contribution < -0.4 is 4.90 Å². The average Bonchev–Trinajstić information content (AvgIpc) is 2.54. The van der Waals surface area contributed by atoms with Crippen molar-refractivity contribution in [2.75, 3.05) is 24.6 Å². The summed E-state index contributed by atoms with van der Waals surface area (Å²) in [5.41, 5.74) is 1.83. The maximum atomic E-state index is 12.9. The summed E-state index contributed by atoms with van der Waals surface area (Å²) in [5.74, 6) is 0. The summed E-state index contributed by atoms with van der Waals surface area (Å²) in [6.07, 6.45) is -2.98. The van der Waals surface area contributed by atoms with E-state index in [4.69, 9.17) is 4.74 Å². The minimum atomic E-state index is -4.34. The smallest absolute Gasteiger partial charge is 0.370 e. The van der Waals surface area contributed by atoms with E-state index in [2.05, 4.69) is 9.88 Å². The first-order chi connectivity index (χ1) is 10.9. The maximum Gasteiger partial charge on any atom is 0.416 e. The van der Waals surface area contributed by atoms with Crippen LogP contribution in [0.1, 0.15) is 22.9 Å². The third-order valence-corrected chi connectivity index (χ3v) is 3.90. The van der Waals surface area contributed by atoms with Crippen LogP contribution in [0.25, 0.3) is 0 Å². The van der Waals surface area contributed by atoms with Gasteiger partial charge in [0.05, 0.1) is 12.2 Å². The van der Waals surface area contributed by atoms with Crippen molar-refractivity contribution < 1.29 is 17.9 Å². The molecule has 0 N–H and O–H groups in total. The monoisotopic (exact) mass is 322 g/mol. The molecule has 1 aliphatic heterocycles. The standard InChI is InChI=1S/C17H17F3N2O/c1-12-9-15(5-6-21-12)22-7-8-23-16(11-22)13-3-2-4-14(10-13)17(18,19)20/h2-6,9-10,16H,7-8,11H2,1H3. The number of nitrogens with zero attached hydrogens (tertiary/aromatic N) is 2. The number of ether oxygens (including phenoxy) is 1. The lowest BCUT2D eigenvalue weighted by atomic mass is 10.0. The molecule has 1 unspecified atom stereocenters. The number of aromatic nitrogens is 1. The second kappa shape index (κ2) is 6.20. The van der Waals surface area contributed by atoms with Gasteiger partial charge in [-0.25, -0.2) is 0 Å². The van der Waals surface area contributed by atoms with Crippen LogP contribution in [0.15, 0.2) is 42.6 Å². The third-order valence-electron chi connectivity index (χ3n) is 3.90. The van der Waals surface area contributed by atoms with Crippen LogP contribution in [0.4, 0.5) is 18.9 Å². The van der Waals surface area contributed by atoms with Crippen molar-refractivity contribution in [1.29, 1.82) is 0 Å². The summed E-state index contributed by atoms with van der Waals surface area (Å²) >= 11 is 0. The molecule has 0 radical (unpaired) electrons. The van der Waals surface area contributed by atoms with Crippen molar-refractivity contribution in [3.8, 4) is 0 Å². The van der Waals surface area contributed by atoms with Gasteiger partial charge in [0.1, 0.15) is 6.10 Å². The molecule has 6 heteroatoms. The van der Waals surface area contributed by atoms with Gasteiger partial charge in [0.15, 0.2) is 0 Å². The Hall–Kier alpha value is -2.08. The number of rotatable bonds is 2. The molecule has 2 aromatic rings. The highest BCUT2D eigenvalue weighted by Gasteiger charge is 2.31. The highest BCUT2D eigenvalue weighted by Crippen LogP contribution is 2.33.